The van der Waals surface area contributed by atoms with E-state index in [9.17, 15) is 23.6 Å². The van der Waals surface area contributed by atoms with Gasteiger partial charge in [-0.25, -0.2) is 14.0 Å². The van der Waals surface area contributed by atoms with E-state index < -0.39 is 36.2 Å². The molecule has 0 radical (unpaired) electrons. The average Bonchev–Trinajstić information content (AvgIpc) is 3.71. The van der Waals surface area contributed by atoms with E-state index in [2.05, 4.69) is 10.6 Å². The molecule has 3 atom stereocenters. The van der Waals surface area contributed by atoms with Gasteiger partial charge in [0.25, 0.3) is 0 Å². The number of carbonyl (C=O) groups is 4. The summed E-state index contributed by atoms with van der Waals surface area (Å²) >= 11 is 0. The normalized spacial score (nSPS) is 24.1. The third-order valence-corrected chi connectivity index (χ3v) is 9.90. The summed E-state index contributed by atoms with van der Waals surface area (Å²) < 4.78 is 26.7. The first kappa shape index (κ1) is 33.5. The third-order valence-electron chi connectivity index (χ3n) is 9.90. The zero-order valence-electron chi connectivity index (χ0n) is 28.3. The number of hydrogen-bond donors (Lipinski definition) is 2. The second kappa shape index (κ2) is 12.9. The Labute approximate surface area is 280 Å². The fourth-order valence-corrected chi connectivity index (χ4v) is 7.72. The second-order valence-corrected chi connectivity index (χ2v) is 14.8. The summed E-state index contributed by atoms with van der Waals surface area (Å²) in [6.45, 7) is 8.67. The Kier molecular flexibility index (Phi) is 9.00. The largest absolute Gasteiger partial charge is 0.444 e. The molecule has 48 heavy (non-hydrogen) atoms. The van der Waals surface area contributed by atoms with Gasteiger partial charge in [-0.2, -0.15) is 0 Å². The molecule has 6 rings (SSSR count). The zero-order valence-corrected chi connectivity index (χ0v) is 28.3. The van der Waals surface area contributed by atoms with Gasteiger partial charge in [0.2, 0.25) is 11.8 Å². The summed E-state index contributed by atoms with van der Waals surface area (Å²) in [5.41, 5.74) is 1.36. The van der Waals surface area contributed by atoms with Gasteiger partial charge in [-0.05, 0) is 102 Å². The molecule has 2 N–H and O–H groups in total. The van der Waals surface area contributed by atoms with Crippen LogP contribution in [0.25, 0.3) is 10.9 Å². The number of nitrogens with zero attached hydrogens (tertiary/aromatic N) is 2. The molecule has 1 saturated carbocycles. The standard InChI is InChI=1S/C37H45FN4O6/c1-36(2,3)48-35(46)40-28(21-38)23-11-13-24(14-12-23)33(44)41-18-17-27(22-9-7-6-8-10-22)31(41)32(43)39-26-15-16-29-25(19-26)20-30-34(45)47-37(4,5)42(29)30/h6-10,15-16,19-20,23-24,27-28,31H,11-14,17-18,21H2,1-5H3,(H,39,43)(H,40,46)/t23-,24-,27-,28+,31-/m0/s1. The Hall–Kier alpha value is -4.41. The molecule has 11 heteroatoms. The van der Waals surface area contributed by atoms with E-state index in [0.29, 0.717) is 50.0 Å². The van der Waals surface area contributed by atoms with E-state index in [0.717, 1.165) is 16.5 Å². The molecule has 3 heterocycles. The molecular weight excluding hydrogens is 615 g/mol. The van der Waals surface area contributed by atoms with E-state index in [1.807, 2.05) is 60.9 Å². The summed E-state index contributed by atoms with van der Waals surface area (Å²) in [6.07, 6.45) is 2.26. The molecule has 3 amide bonds. The number of hydrogen-bond acceptors (Lipinski definition) is 6. The summed E-state index contributed by atoms with van der Waals surface area (Å²) in [6, 6.07) is 15.7. The molecule has 1 saturated heterocycles. The van der Waals surface area contributed by atoms with Crippen molar-refractivity contribution < 1.29 is 33.0 Å². The second-order valence-electron chi connectivity index (χ2n) is 14.8. The lowest BCUT2D eigenvalue weighted by Gasteiger charge is -2.36. The molecule has 0 spiro atoms. The van der Waals surface area contributed by atoms with Crippen molar-refractivity contribution in [2.75, 3.05) is 18.5 Å². The molecule has 3 aliphatic rings. The van der Waals surface area contributed by atoms with Crippen LogP contribution in [0.5, 0.6) is 0 Å². The highest BCUT2D eigenvalue weighted by molar-refractivity contribution is 6.02. The van der Waals surface area contributed by atoms with Crippen molar-refractivity contribution >= 4 is 40.5 Å². The summed E-state index contributed by atoms with van der Waals surface area (Å²) in [5, 5.41) is 6.55. The highest BCUT2D eigenvalue weighted by atomic mass is 19.1. The third kappa shape index (κ3) is 6.64. The summed E-state index contributed by atoms with van der Waals surface area (Å²) in [5.74, 6) is -1.31. The Balaban J connectivity index is 1.17. The lowest BCUT2D eigenvalue weighted by molar-refractivity contribution is -0.141. The Morgan fingerprint density at radius 3 is 2.40 bits per heavy atom. The predicted molar refractivity (Wildman–Crippen MR) is 179 cm³/mol. The molecule has 1 aliphatic carbocycles. The number of esters is 1. The molecule has 2 aromatic carbocycles. The van der Waals surface area contributed by atoms with Crippen LogP contribution in [0.2, 0.25) is 0 Å². The molecule has 256 valence electrons. The van der Waals surface area contributed by atoms with Gasteiger partial charge < -0.3 is 25.0 Å². The Morgan fingerprint density at radius 2 is 1.73 bits per heavy atom. The molecular formula is C37H45FN4O6. The number of nitrogens with one attached hydrogen (secondary N) is 2. The van der Waals surface area contributed by atoms with Crippen molar-refractivity contribution in [3.05, 3.63) is 65.9 Å². The molecule has 0 bridgehead atoms. The minimum absolute atomic E-state index is 0.0658. The van der Waals surface area contributed by atoms with Crippen LogP contribution in [-0.2, 0) is 24.8 Å². The smallest absolute Gasteiger partial charge is 0.407 e. The first-order valence-electron chi connectivity index (χ1n) is 16.9. The fourth-order valence-electron chi connectivity index (χ4n) is 7.72. The maximum Gasteiger partial charge on any atom is 0.407 e. The Bertz CT molecular complexity index is 1710. The number of amides is 3. The van der Waals surface area contributed by atoms with Gasteiger partial charge in [-0.15, -0.1) is 0 Å². The van der Waals surface area contributed by atoms with Gasteiger partial charge >= 0.3 is 12.1 Å². The van der Waals surface area contributed by atoms with Crippen LogP contribution >= 0.6 is 0 Å². The molecule has 2 aliphatic heterocycles. The van der Waals surface area contributed by atoms with Crippen LogP contribution in [0.15, 0.2) is 54.6 Å². The fraction of sp³-hybridized carbons (Fsp3) is 0.514. The van der Waals surface area contributed by atoms with Gasteiger partial charge in [0, 0.05) is 29.5 Å². The minimum Gasteiger partial charge on any atom is -0.444 e. The van der Waals surface area contributed by atoms with Crippen molar-refractivity contribution in [3.8, 4) is 0 Å². The van der Waals surface area contributed by atoms with Crippen LogP contribution in [0.4, 0.5) is 14.9 Å². The van der Waals surface area contributed by atoms with Gasteiger partial charge in [-0.3, -0.25) is 14.2 Å². The first-order valence-corrected chi connectivity index (χ1v) is 16.9. The van der Waals surface area contributed by atoms with Gasteiger partial charge in [0.05, 0.1) is 11.6 Å². The average molecular weight is 661 g/mol. The molecule has 2 fully saturated rings. The monoisotopic (exact) mass is 660 g/mol. The van der Waals surface area contributed by atoms with Crippen LogP contribution < -0.4 is 10.6 Å². The number of likely N-dealkylation sites (tertiary alicyclic amines) is 1. The maximum absolute atomic E-state index is 14.1. The molecule has 0 unspecified atom stereocenters. The van der Waals surface area contributed by atoms with Crippen molar-refractivity contribution in [3.63, 3.8) is 0 Å². The number of alkyl halides is 1. The highest BCUT2D eigenvalue weighted by Crippen LogP contribution is 2.40. The van der Waals surface area contributed by atoms with Crippen LogP contribution in [0.1, 0.15) is 88.7 Å². The molecule has 3 aromatic rings. The van der Waals surface area contributed by atoms with E-state index in [1.165, 1.54) is 0 Å². The highest BCUT2D eigenvalue weighted by Gasteiger charge is 2.45. The number of rotatable bonds is 7. The number of fused-ring (bicyclic) bond motifs is 3. The number of carbonyl (C=O) groups excluding carboxylic acids is 4. The zero-order chi connectivity index (χ0) is 34.4. The lowest BCUT2D eigenvalue weighted by atomic mass is 9.78. The van der Waals surface area contributed by atoms with Crippen LogP contribution in [0, 0.1) is 11.8 Å². The lowest BCUT2D eigenvalue weighted by Crippen LogP contribution is -2.49. The topological polar surface area (TPSA) is 119 Å². The number of anilines is 1. The van der Waals surface area contributed by atoms with Crippen LogP contribution in [0.3, 0.4) is 0 Å². The summed E-state index contributed by atoms with van der Waals surface area (Å²) in [4.78, 5) is 54.7. The number of alkyl carbamates (subject to hydrolysis) is 1. The number of ether oxygens (including phenoxy) is 2. The van der Waals surface area contributed by atoms with Crippen molar-refractivity contribution in [1.29, 1.82) is 0 Å². The molecule has 10 nitrogen and oxygen atoms in total. The van der Waals surface area contributed by atoms with Crippen molar-refractivity contribution in [2.24, 2.45) is 11.8 Å². The van der Waals surface area contributed by atoms with E-state index in [-0.39, 0.29) is 35.5 Å². The predicted octanol–water partition coefficient (Wildman–Crippen LogP) is 6.50. The van der Waals surface area contributed by atoms with Gasteiger partial charge in [-0.1, -0.05) is 30.3 Å². The number of benzene rings is 2. The SMILES string of the molecule is CC(C)(C)OC(=O)N[C@H](CF)[C@H]1CC[C@H](C(=O)N2CC[C@@H](c3ccccc3)[C@H]2C(=O)Nc2ccc3c(c2)cc2n3C(C)(C)OC2=O)CC1. The van der Waals surface area contributed by atoms with Gasteiger partial charge in [0.1, 0.15) is 24.0 Å². The van der Waals surface area contributed by atoms with Crippen molar-refractivity contribution in [2.45, 2.75) is 96.1 Å². The number of cyclic esters (lactones) is 1. The number of aromatic nitrogens is 1. The van der Waals surface area contributed by atoms with Crippen LogP contribution in [-0.4, -0.2) is 64.2 Å². The maximum atomic E-state index is 14.1. The van der Waals surface area contributed by atoms with Gasteiger partial charge in [0.15, 0.2) is 5.72 Å². The van der Waals surface area contributed by atoms with E-state index in [1.54, 1.807) is 37.8 Å². The van der Waals surface area contributed by atoms with E-state index >= 15 is 0 Å². The minimum atomic E-state index is -0.812. The number of halogens is 1. The first-order chi connectivity index (χ1) is 22.8. The molecule has 1 aromatic heterocycles. The quantitative estimate of drug-likeness (QED) is 0.280. The summed E-state index contributed by atoms with van der Waals surface area (Å²) in [7, 11) is 0. The van der Waals surface area contributed by atoms with Crippen molar-refractivity contribution in [1.82, 2.24) is 14.8 Å². The van der Waals surface area contributed by atoms with E-state index in [4.69, 9.17) is 9.47 Å². The Morgan fingerprint density at radius 1 is 1.02 bits per heavy atom.